The van der Waals surface area contributed by atoms with Crippen LogP contribution in [0.25, 0.3) is 0 Å². The molecule has 0 unspecified atom stereocenters. The second-order valence-electron chi connectivity index (χ2n) is 6.23. The smallest absolute Gasteiger partial charge is 0.410 e. The van der Waals surface area contributed by atoms with E-state index in [0.29, 0.717) is 32.1 Å². The molecule has 0 saturated carbocycles. The van der Waals surface area contributed by atoms with Crippen molar-refractivity contribution in [1.29, 1.82) is 0 Å². The minimum absolute atomic E-state index is 0.303. The van der Waals surface area contributed by atoms with Gasteiger partial charge in [-0.05, 0) is 39.8 Å². The van der Waals surface area contributed by atoms with Crippen molar-refractivity contribution in [2.45, 2.75) is 39.8 Å². The summed E-state index contributed by atoms with van der Waals surface area (Å²) in [5, 5.41) is 6.37. The fraction of sp³-hybridized carbons (Fsp3) is 0.588. The van der Waals surface area contributed by atoms with E-state index < -0.39 is 5.60 Å². The van der Waals surface area contributed by atoms with Crippen LogP contribution < -0.4 is 10.6 Å². The first-order valence-corrected chi connectivity index (χ1v) is 8.18. The molecule has 0 aromatic carbocycles. The molecular formula is C17H29N5O2. The number of likely N-dealkylation sites (N-methyl/N-ethyl adjacent to an activating group) is 1. The van der Waals surface area contributed by atoms with Crippen LogP contribution in [0.4, 0.5) is 4.79 Å². The van der Waals surface area contributed by atoms with Gasteiger partial charge in [-0.15, -0.1) is 0 Å². The van der Waals surface area contributed by atoms with Gasteiger partial charge in [-0.1, -0.05) is 6.07 Å². The van der Waals surface area contributed by atoms with Crippen LogP contribution in [0.3, 0.4) is 0 Å². The van der Waals surface area contributed by atoms with Crippen molar-refractivity contribution < 1.29 is 9.53 Å². The molecule has 7 heteroatoms. The second-order valence-corrected chi connectivity index (χ2v) is 6.23. The van der Waals surface area contributed by atoms with Crippen LogP contribution in [0.1, 0.15) is 33.4 Å². The maximum atomic E-state index is 12.1. The van der Waals surface area contributed by atoms with Gasteiger partial charge in [-0.3, -0.25) is 9.98 Å². The summed E-state index contributed by atoms with van der Waals surface area (Å²) < 4.78 is 5.39. The number of rotatable bonds is 6. The number of pyridine rings is 1. The Morgan fingerprint density at radius 2 is 2.08 bits per heavy atom. The van der Waals surface area contributed by atoms with Crippen LogP contribution in [-0.2, 0) is 11.3 Å². The number of nitrogens with one attached hydrogen (secondary N) is 2. The van der Waals surface area contributed by atoms with E-state index in [2.05, 4.69) is 20.6 Å². The SMILES string of the molecule is CCN(CCNC(=NC)NCc1ccccn1)C(=O)OC(C)(C)C. The van der Waals surface area contributed by atoms with Gasteiger partial charge in [-0.25, -0.2) is 4.79 Å². The Balaban J connectivity index is 2.38. The number of hydrogen-bond donors (Lipinski definition) is 2. The molecule has 0 saturated heterocycles. The first-order chi connectivity index (χ1) is 11.4. The van der Waals surface area contributed by atoms with Gasteiger partial charge in [0.25, 0.3) is 0 Å². The Kier molecular flexibility index (Phi) is 8.01. The molecule has 0 atom stereocenters. The zero-order chi connectivity index (χ0) is 18.0. The summed E-state index contributed by atoms with van der Waals surface area (Å²) in [6.07, 6.45) is 1.45. The lowest BCUT2D eigenvalue weighted by Gasteiger charge is -2.26. The summed E-state index contributed by atoms with van der Waals surface area (Å²) in [5.41, 5.74) is 0.447. The molecule has 0 spiro atoms. The van der Waals surface area contributed by atoms with Gasteiger partial charge in [0.05, 0.1) is 12.2 Å². The summed E-state index contributed by atoms with van der Waals surface area (Å²) in [4.78, 5) is 22.1. The lowest BCUT2D eigenvalue weighted by Crippen LogP contribution is -2.44. The molecule has 0 radical (unpaired) electrons. The molecule has 0 aliphatic rings. The summed E-state index contributed by atoms with van der Waals surface area (Å²) in [5.74, 6) is 0.667. The summed E-state index contributed by atoms with van der Waals surface area (Å²) in [6.45, 7) is 9.81. The minimum Gasteiger partial charge on any atom is -0.444 e. The third-order valence-electron chi connectivity index (χ3n) is 3.09. The molecule has 0 fully saturated rings. The number of guanidine groups is 1. The molecule has 1 amide bonds. The minimum atomic E-state index is -0.488. The first kappa shape index (κ1) is 19.7. The van der Waals surface area contributed by atoms with Gasteiger partial charge in [0.1, 0.15) is 5.60 Å². The molecule has 24 heavy (non-hydrogen) atoms. The lowest BCUT2D eigenvalue weighted by atomic mass is 10.2. The van der Waals surface area contributed by atoms with Gasteiger partial charge < -0.3 is 20.3 Å². The highest BCUT2D eigenvalue weighted by Gasteiger charge is 2.20. The quantitative estimate of drug-likeness (QED) is 0.614. The van der Waals surface area contributed by atoms with E-state index in [1.54, 1.807) is 18.1 Å². The molecule has 2 N–H and O–H groups in total. The van der Waals surface area contributed by atoms with Crippen molar-refractivity contribution in [2.75, 3.05) is 26.7 Å². The third-order valence-corrected chi connectivity index (χ3v) is 3.09. The summed E-state index contributed by atoms with van der Waals surface area (Å²) >= 11 is 0. The van der Waals surface area contributed by atoms with Crippen LogP contribution in [0.5, 0.6) is 0 Å². The molecule has 1 rings (SSSR count). The fourth-order valence-electron chi connectivity index (χ4n) is 1.91. The normalized spacial score (nSPS) is 11.8. The molecule has 134 valence electrons. The Morgan fingerprint density at radius 3 is 2.62 bits per heavy atom. The third kappa shape index (κ3) is 7.80. The van der Waals surface area contributed by atoms with E-state index >= 15 is 0 Å². The second kappa shape index (κ2) is 9.75. The van der Waals surface area contributed by atoms with Crippen molar-refractivity contribution in [3.8, 4) is 0 Å². The van der Waals surface area contributed by atoms with Gasteiger partial charge >= 0.3 is 6.09 Å². The molecular weight excluding hydrogens is 306 g/mol. The highest BCUT2D eigenvalue weighted by atomic mass is 16.6. The van der Waals surface area contributed by atoms with E-state index in [-0.39, 0.29) is 6.09 Å². The Hall–Kier alpha value is -2.31. The molecule has 0 aliphatic carbocycles. The number of nitrogens with zero attached hydrogens (tertiary/aromatic N) is 3. The summed E-state index contributed by atoms with van der Waals surface area (Å²) in [6, 6.07) is 5.77. The molecule has 1 heterocycles. The zero-order valence-electron chi connectivity index (χ0n) is 15.3. The van der Waals surface area contributed by atoms with Crippen LogP contribution in [0.15, 0.2) is 29.4 Å². The number of aromatic nitrogens is 1. The fourth-order valence-corrected chi connectivity index (χ4v) is 1.91. The molecule has 1 aromatic heterocycles. The number of ether oxygens (including phenoxy) is 1. The average Bonchev–Trinajstić information content (AvgIpc) is 2.53. The Labute approximate surface area is 144 Å². The maximum Gasteiger partial charge on any atom is 0.410 e. The van der Waals surface area contributed by atoms with E-state index in [4.69, 9.17) is 4.74 Å². The zero-order valence-corrected chi connectivity index (χ0v) is 15.3. The summed E-state index contributed by atoms with van der Waals surface area (Å²) in [7, 11) is 1.71. The van der Waals surface area contributed by atoms with Crippen LogP contribution in [-0.4, -0.2) is 54.2 Å². The van der Waals surface area contributed by atoms with Crippen molar-refractivity contribution in [3.63, 3.8) is 0 Å². The van der Waals surface area contributed by atoms with Crippen LogP contribution in [0, 0.1) is 0 Å². The van der Waals surface area contributed by atoms with E-state index in [0.717, 1.165) is 5.69 Å². The standard InChI is InChI=1S/C17H29N5O2/c1-6-22(16(23)24-17(2,3)4)12-11-20-15(18-5)21-13-14-9-7-8-10-19-14/h7-10H,6,11-13H2,1-5H3,(H2,18,20,21). The molecule has 7 nitrogen and oxygen atoms in total. The number of amides is 1. The van der Waals surface area contributed by atoms with Crippen LogP contribution in [0.2, 0.25) is 0 Å². The number of carbonyl (C=O) groups is 1. The Bertz CT molecular complexity index is 526. The van der Waals surface area contributed by atoms with Gasteiger partial charge in [0.15, 0.2) is 5.96 Å². The largest absolute Gasteiger partial charge is 0.444 e. The predicted molar refractivity (Wildman–Crippen MR) is 95.9 cm³/mol. The van der Waals surface area contributed by atoms with Gasteiger partial charge in [-0.2, -0.15) is 0 Å². The average molecular weight is 335 g/mol. The molecule has 0 bridgehead atoms. The first-order valence-electron chi connectivity index (χ1n) is 8.18. The molecule has 0 aliphatic heterocycles. The van der Waals surface area contributed by atoms with Gasteiger partial charge in [0.2, 0.25) is 0 Å². The number of carbonyl (C=O) groups excluding carboxylic acids is 1. The number of aliphatic imine (C=N–C) groups is 1. The Morgan fingerprint density at radius 1 is 1.33 bits per heavy atom. The highest BCUT2D eigenvalue weighted by Crippen LogP contribution is 2.09. The van der Waals surface area contributed by atoms with E-state index in [1.807, 2.05) is 45.9 Å². The molecule has 1 aromatic rings. The monoisotopic (exact) mass is 335 g/mol. The van der Waals surface area contributed by atoms with Gasteiger partial charge in [0, 0.05) is 32.9 Å². The van der Waals surface area contributed by atoms with Crippen LogP contribution >= 0.6 is 0 Å². The number of hydrogen-bond acceptors (Lipinski definition) is 4. The topological polar surface area (TPSA) is 78.9 Å². The van der Waals surface area contributed by atoms with E-state index in [1.165, 1.54) is 0 Å². The van der Waals surface area contributed by atoms with Crippen molar-refractivity contribution >= 4 is 12.1 Å². The van der Waals surface area contributed by atoms with Crippen molar-refractivity contribution in [1.82, 2.24) is 20.5 Å². The van der Waals surface area contributed by atoms with E-state index in [9.17, 15) is 4.79 Å². The van der Waals surface area contributed by atoms with Crippen molar-refractivity contribution in [3.05, 3.63) is 30.1 Å². The highest BCUT2D eigenvalue weighted by molar-refractivity contribution is 5.79. The predicted octanol–water partition coefficient (Wildman–Crippen LogP) is 2.00. The van der Waals surface area contributed by atoms with Crippen molar-refractivity contribution in [2.24, 2.45) is 4.99 Å². The maximum absolute atomic E-state index is 12.1. The lowest BCUT2D eigenvalue weighted by molar-refractivity contribution is 0.0264.